The van der Waals surface area contributed by atoms with Gasteiger partial charge >= 0.3 is 0 Å². The van der Waals surface area contributed by atoms with Crippen molar-refractivity contribution in [1.29, 1.82) is 0 Å². The standard InChI is InChI=1S/C17H20O3/c1-13-5-2-3-8-16(13)17(11-18,12-19)10-14-6-4-7-15(20)9-14/h2-9,18-20H,10-12H2,1H3. The van der Waals surface area contributed by atoms with Crippen LogP contribution in [0.5, 0.6) is 5.75 Å². The second-order valence-corrected chi connectivity index (χ2v) is 5.26. The molecule has 0 aliphatic heterocycles. The van der Waals surface area contributed by atoms with Crippen molar-refractivity contribution >= 4 is 0 Å². The average molecular weight is 272 g/mol. The Balaban J connectivity index is 2.42. The first-order valence-electron chi connectivity index (χ1n) is 6.67. The minimum absolute atomic E-state index is 0.149. The molecule has 2 aromatic carbocycles. The summed E-state index contributed by atoms with van der Waals surface area (Å²) in [6, 6.07) is 14.7. The first-order chi connectivity index (χ1) is 9.61. The molecule has 3 nitrogen and oxygen atoms in total. The van der Waals surface area contributed by atoms with Crippen molar-refractivity contribution in [2.45, 2.75) is 18.8 Å². The van der Waals surface area contributed by atoms with E-state index < -0.39 is 5.41 Å². The van der Waals surface area contributed by atoms with E-state index in [0.717, 1.165) is 16.7 Å². The lowest BCUT2D eigenvalue weighted by Crippen LogP contribution is -2.38. The molecule has 0 aliphatic carbocycles. The van der Waals surface area contributed by atoms with Gasteiger partial charge in [-0.25, -0.2) is 0 Å². The molecule has 0 spiro atoms. The van der Waals surface area contributed by atoms with Crippen molar-refractivity contribution in [3.05, 3.63) is 65.2 Å². The zero-order valence-corrected chi connectivity index (χ0v) is 11.6. The molecule has 0 radical (unpaired) electrons. The summed E-state index contributed by atoms with van der Waals surface area (Å²) in [6.07, 6.45) is 0.471. The lowest BCUT2D eigenvalue weighted by molar-refractivity contribution is 0.115. The molecule has 0 atom stereocenters. The van der Waals surface area contributed by atoms with Crippen molar-refractivity contribution in [2.24, 2.45) is 0 Å². The summed E-state index contributed by atoms with van der Waals surface area (Å²) in [7, 11) is 0. The van der Waals surface area contributed by atoms with Crippen LogP contribution in [0.1, 0.15) is 16.7 Å². The molecule has 106 valence electrons. The molecule has 0 saturated carbocycles. The van der Waals surface area contributed by atoms with Gasteiger partial charge in [-0.2, -0.15) is 0 Å². The monoisotopic (exact) mass is 272 g/mol. The maximum Gasteiger partial charge on any atom is 0.115 e. The Hall–Kier alpha value is -1.84. The number of benzene rings is 2. The molecule has 0 amide bonds. The fraction of sp³-hybridized carbons (Fsp3) is 0.294. The first kappa shape index (κ1) is 14.6. The van der Waals surface area contributed by atoms with Gasteiger partial charge in [-0.3, -0.25) is 0 Å². The predicted molar refractivity (Wildman–Crippen MR) is 78.8 cm³/mol. The molecular weight excluding hydrogens is 252 g/mol. The van der Waals surface area contributed by atoms with Crippen LogP contribution in [0.15, 0.2) is 48.5 Å². The Bertz CT molecular complexity index is 574. The van der Waals surface area contributed by atoms with E-state index in [-0.39, 0.29) is 19.0 Å². The van der Waals surface area contributed by atoms with Gasteiger partial charge in [-0.1, -0.05) is 36.4 Å². The van der Waals surface area contributed by atoms with Crippen LogP contribution in [0, 0.1) is 6.92 Å². The van der Waals surface area contributed by atoms with Crippen LogP contribution in [0.4, 0.5) is 0 Å². The topological polar surface area (TPSA) is 60.7 Å². The fourth-order valence-corrected chi connectivity index (χ4v) is 2.65. The van der Waals surface area contributed by atoms with E-state index in [9.17, 15) is 15.3 Å². The predicted octanol–water partition coefficient (Wildman–Crippen LogP) is 2.17. The molecule has 2 rings (SSSR count). The maximum atomic E-state index is 9.86. The van der Waals surface area contributed by atoms with Crippen LogP contribution in [0.25, 0.3) is 0 Å². The van der Waals surface area contributed by atoms with Crippen LogP contribution in [0.2, 0.25) is 0 Å². The molecular formula is C17H20O3. The quantitative estimate of drug-likeness (QED) is 0.781. The van der Waals surface area contributed by atoms with E-state index in [1.807, 2.05) is 37.3 Å². The van der Waals surface area contributed by atoms with E-state index in [1.165, 1.54) is 0 Å². The smallest absolute Gasteiger partial charge is 0.115 e. The molecule has 0 aromatic heterocycles. The Morgan fingerprint density at radius 1 is 0.950 bits per heavy atom. The van der Waals surface area contributed by atoms with E-state index in [2.05, 4.69) is 0 Å². The van der Waals surface area contributed by atoms with Crippen molar-refractivity contribution < 1.29 is 15.3 Å². The van der Waals surface area contributed by atoms with E-state index in [4.69, 9.17) is 0 Å². The fourth-order valence-electron chi connectivity index (χ4n) is 2.65. The summed E-state index contributed by atoms with van der Waals surface area (Å²) in [5.74, 6) is 0.192. The number of aromatic hydroxyl groups is 1. The highest BCUT2D eigenvalue weighted by molar-refractivity contribution is 5.37. The lowest BCUT2D eigenvalue weighted by Gasteiger charge is -2.32. The van der Waals surface area contributed by atoms with Gasteiger partial charge in [0.05, 0.1) is 13.2 Å². The summed E-state index contributed by atoms with van der Waals surface area (Å²) in [4.78, 5) is 0. The van der Waals surface area contributed by atoms with Crippen LogP contribution in [0.3, 0.4) is 0 Å². The molecule has 3 heteroatoms. The number of aliphatic hydroxyl groups excluding tert-OH is 2. The Kier molecular flexibility index (Phi) is 4.42. The van der Waals surface area contributed by atoms with Gasteiger partial charge in [-0.15, -0.1) is 0 Å². The van der Waals surface area contributed by atoms with Crippen LogP contribution in [-0.4, -0.2) is 28.5 Å². The average Bonchev–Trinajstić information content (AvgIpc) is 2.46. The van der Waals surface area contributed by atoms with Gasteiger partial charge < -0.3 is 15.3 Å². The maximum absolute atomic E-state index is 9.86. The minimum Gasteiger partial charge on any atom is -0.508 e. The van der Waals surface area contributed by atoms with Gasteiger partial charge in [0.2, 0.25) is 0 Å². The van der Waals surface area contributed by atoms with Crippen molar-refractivity contribution in [1.82, 2.24) is 0 Å². The molecule has 0 unspecified atom stereocenters. The highest BCUT2D eigenvalue weighted by Crippen LogP contribution is 2.31. The number of hydrogen-bond donors (Lipinski definition) is 3. The second kappa shape index (κ2) is 6.07. The van der Waals surface area contributed by atoms with Crippen LogP contribution in [-0.2, 0) is 11.8 Å². The van der Waals surface area contributed by atoms with Gasteiger partial charge in [-0.05, 0) is 42.2 Å². The van der Waals surface area contributed by atoms with Crippen molar-refractivity contribution in [3.8, 4) is 5.75 Å². The first-order valence-corrected chi connectivity index (χ1v) is 6.67. The Morgan fingerprint density at radius 3 is 2.25 bits per heavy atom. The number of rotatable bonds is 5. The van der Waals surface area contributed by atoms with Crippen molar-refractivity contribution in [3.63, 3.8) is 0 Å². The summed E-state index contributed by atoms with van der Waals surface area (Å²) in [5.41, 5.74) is 2.12. The zero-order chi connectivity index (χ0) is 14.6. The highest BCUT2D eigenvalue weighted by atomic mass is 16.3. The lowest BCUT2D eigenvalue weighted by atomic mass is 9.75. The molecule has 2 aromatic rings. The van der Waals surface area contributed by atoms with E-state index in [0.29, 0.717) is 6.42 Å². The summed E-state index contributed by atoms with van der Waals surface area (Å²) < 4.78 is 0. The minimum atomic E-state index is -0.737. The molecule has 0 aliphatic rings. The number of hydrogen-bond acceptors (Lipinski definition) is 3. The third-order valence-electron chi connectivity index (χ3n) is 3.77. The van der Waals surface area contributed by atoms with Gasteiger partial charge in [0.1, 0.15) is 5.75 Å². The second-order valence-electron chi connectivity index (χ2n) is 5.26. The molecule has 0 heterocycles. The summed E-state index contributed by atoms with van der Waals surface area (Å²) >= 11 is 0. The molecule has 0 saturated heterocycles. The number of aliphatic hydroxyl groups is 2. The van der Waals surface area contributed by atoms with Crippen LogP contribution >= 0.6 is 0 Å². The number of aryl methyl sites for hydroxylation is 1. The molecule has 20 heavy (non-hydrogen) atoms. The Labute approximate surface area is 119 Å². The largest absolute Gasteiger partial charge is 0.508 e. The van der Waals surface area contributed by atoms with Crippen molar-refractivity contribution in [2.75, 3.05) is 13.2 Å². The normalized spacial score (nSPS) is 11.6. The highest BCUT2D eigenvalue weighted by Gasteiger charge is 2.32. The van der Waals surface area contributed by atoms with Crippen LogP contribution < -0.4 is 0 Å². The third-order valence-corrected chi connectivity index (χ3v) is 3.77. The summed E-state index contributed by atoms with van der Waals surface area (Å²) in [6.45, 7) is 1.67. The van der Waals surface area contributed by atoms with Gasteiger partial charge in [0, 0.05) is 5.41 Å². The van der Waals surface area contributed by atoms with Gasteiger partial charge in [0.15, 0.2) is 0 Å². The molecule has 3 N–H and O–H groups in total. The molecule has 0 fully saturated rings. The Morgan fingerprint density at radius 2 is 1.65 bits per heavy atom. The summed E-state index contributed by atoms with van der Waals surface area (Å²) in [5, 5.41) is 29.3. The zero-order valence-electron chi connectivity index (χ0n) is 11.6. The van der Waals surface area contributed by atoms with Gasteiger partial charge in [0.25, 0.3) is 0 Å². The number of phenols is 1. The third kappa shape index (κ3) is 2.84. The molecule has 0 bridgehead atoms. The SMILES string of the molecule is Cc1ccccc1C(CO)(CO)Cc1cccc(O)c1. The van der Waals surface area contributed by atoms with E-state index in [1.54, 1.807) is 18.2 Å². The van der Waals surface area contributed by atoms with E-state index >= 15 is 0 Å². The number of phenolic OH excluding ortho intramolecular Hbond substituents is 1.